The van der Waals surface area contributed by atoms with Gasteiger partial charge in [-0.3, -0.25) is 42.6 Å². The molecule has 22 heteroatoms. The van der Waals surface area contributed by atoms with Crippen LogP contribution in [0.5, 0.6) is 0 Å². The minimum atomic E-state index is -0.168. The SMILES string of the molecule is C=C1N=C(C(C)C)NO1.CC(C)c1cc(=O)[nH]o1.CC(C)c1cc(=O)[nH]s1.CC(C)c1ncn[nH]1.CC(C)c1ns[nH]c1=O.CNC(=O)C(C)C.CNC(=O)C(C)C.Cc1cocc(C(C)C)c1=O. The Bertz CT molecular complexity index is 2360. The van der Waals surface area contributed by atoms with Crippen molar-refractivity contribution in [2.45, 2.75) is 147 Å². The first-order chi connectivity index (χ1) is 32.1. The number of amidine groups is 1. The number of hydrogen-bond donors (Lipinski definition) is 7. The Morgan fingerprint density at radius 1 is 0.710 bits per heavy atom. The van der Waals surface area contributed by atoms with E-state index in [2.05, 4.69) is 88.8 Å². The van der Waals surface area contributed by atoms with E-state index in [4.69, 9.17) is 13.8 Å². The molecule has 1 aliphatic rings. The summed E-state index contributed by atoms with van der Waals surface area (Å²) in [4.78, 5) is 77.7. The summed E-state index contributed by atoms with van der Waals surface area (Å²) in [6.07, 6.45) is 4.53. The molecule has 5 aromatic rings. The molecule has 0 atom stereocenters. The van der Waals surface area contributed by atoms with Crippen molar-refractivity contribution in [3.63, 3.8) is 0 Å². The number of carbonyl (C=O) groups is 2. The van der Waals surface area contributed by atoms with E-state index < -0.39 is 0 Å². The maximum Gasteiger partial charge on any atom is 0.281 e. The number of carbonyl (C=O) groups excluding carboxylic acids is 2. The monoisotopic (exact) mass is 1010 g/mol. The maximum atomic E-state index is 11.4. The van der Waals surface area contributed by atoms with Crippen LogP contribution in [0.2, 0.25) is 0 Å². The van der Waals surface area contributed by atoms with Crippen molar-refractivity contribution in [3.8, 4) is 0 Å². The fraction of sp³-hybridized carbons (Fsp3) is 0.574. The van der Waals surface area contributed by atoms with Gasteiger partial charge in [0.2, 0.25) is 17.7 Å². The van der Waals surface area contributed by atoms with E-state index in [-0.39, 0.29) is 63.5 Å². The third-order valence-electron chi connectivity index (χ3n) is 8.56. The quantitative estimate of drug-likeness (QED) is 0.0769. The highest BCUT2D eigenvalue weighted by Crippen LogP contribution is 2.14. The molecule has 2 amide bonds. The van der Waals surface area contributed by atoms with Gasteiger partial charge in [-0.25, -0.2) is 10.5 Å². The average molecular weight is 1010 g/mol. The molecule has 0 aromatic carbocycles. The molecule has 0 saturated carbocycles. The molecule has 0 aliphatic carbocycles. The Kier molecular flexibility index (Phi) is 33.0. The number of rotatable bonds is 8. The standard InChI is InChI=1S/C9H12O2.C6H10N2O.C6H9NO2.C6H9NOS.C5H9N3.C5H8N2OS.2C5H11NO/c1-6(2)8-5-11-4-7(3)9(8)10;1-4(2)6-7-5(3)9-8-6;2*1-4(2)5-3-6(8)7-9-5;1-4(2)5-6-3-7-8-5;1-3(2)4-5(8)7-9-6-4;2*1-4(2)5(7)6-3/h4-6H,1-3H3;4H,3H2,1-2H3,(H,7,8);2*3-4H,1-2H3,(H,7,8);3-4H,1-2H3,(H,6,7,8);3H,1-2H3,(H,7,8);2*4H,1-3H3,(H,6,7). The molecule has 1 aliphatic heterocycles. The summed E-state index contributed by atoms with van der Waals surface area (Å²) in [6.45, 7) is 36.8. The second-order valence-electron chi connectivity index (χ2n) is 17.5. The van der Waals surface area contributed by atoms with Crippen LogP contribution in [-0.4, -0.2) is 65.2 Å². The van der Waals surface area contributed by atoms with Gasteiger partial charge in [-0.1, -0.05) is 122 Å². The second-order valence-corrected chi connectivity index (χ2v) is 18.9. The molecule has 20 nitrogen and oxygen atoms in total. The van der Waals surface area contributed by atoms with Gasteiger partial charge in [0.1, 0.15) is 29.4 Å². The first-order valence-corrected chi connectivity index (χ1v) is 24.2. The summed E-state index contributed by atoms with van der Waals surface area (Å²) in [5.74, 6) is 5.43. The summed E-state index contributed by atoms with van der Waals surface area (Å²) in [6, 6.07) is 3.11. The molecule has 388 valence electrons. The molecule has 6 rings (SSSR count). The van der Waals surface area contributed by atoms with E-state index in [0.29, 0.717) is 40.7 Å². The summed E-state index contributed by atoms with van der Waals surface area (Å²) in [5, 5.41) is 13.8. The fourth-order valence-corrected chi connectivity index (χ4v) is 5.59. The highest BCUT2D eigenvalue weighted by atomic mass is 32.1. The normalized spacial score (nSPS) is 11.1. The first-order valence-electron chi connectivity index (χ1n) is 22.6. The first kappa shape index (κ1) is 64.9. The van der Waals surface area contributed by atoms with Gasteiger partial charge in [-0.05, 0) is 25.3 Å². The predicted molar refractivity (Wildman–Crippen MR) is 277 cm³/mol. The molecular formula is C47H79N11O9S2. The average Bonchev–Trinajstić information content (AvgIpc) is 4.15. The fourth-order valence-electron chi connectivity index (χ4n) is 4.29. The smallest absolute Gasteiger partial charge is 0.281 e. The zero-order valence-electron chi connectivity index (χ0n) is 44.0. The third kappa shape index (κ3) is 28.7. The van der Waals surface area contributed by atoms with Crippen LogP contribution < -0.4 is 38.2 Å². The van der Waals surface area contributed by atoms with Crippen LogP contribution in [0, 0.1) is 24.7 Å². The Morgan fingerprint density at radius 2 is 1.29 bits per heavy atom. The van der Waals surface area contributed by atoms with Gasteiger partial charge in [-0.2, -0.15) is 19.6 Å². The van der Waals surface area contributed by atoms with Crippen molar-refractivity contribution in [3.05, 3.63) is 118 Å². The molecule has 6 heterocycles. The van der Waals surface area contributed by atoms with Crippen LogP contribution in [-0.2, 0) is 14.4 Å². The van der Waals surface area contributed by atoms with E-state index in [1.54, 1.807) is 27.1 Å². The van der Waals surface area contributed by atoms with Gasteiger partial charge in [-0.15, -0.1) is 0 Å². The van der Waals surface area contributed by atoms with Gasteiger partial charge in [0, 0.05) is 89.5 Å². The lowest BCUT2D eigenvalue weighted by Crippen LogP contribution is -2.22. The number of hydroxylamine groups is 1. The molecule has 5 aromatic heterocycles. The molecule has 7 N–H and O–H groups in total. The number of hydrogen-bond acceptors (Lipinski definition) is 16. The van der Waals surface area contributed by atoms with Gasteiger partial charge in [0.25, 0.3) is 16.7 Å². The van der Waals surface area contributed by atoms with Crippen molar-refractivity contribution >= 4 is 40.9 Å². The van der Waals surface area contributed by atoms with Crippen LogP contribution in [0.25, 0.3) is 0 Å². The molecule has 0 saturated heterocycles. The largest absolute Gasteiger partial charge is 0.472 e. The van der Waals surface area contributed by atoms with Gasteiger partial charge in [0.05, 0.1) is 12.5 Å². The predicted octanol–water partition coefficient (Wildman–Crippen LogP) is 8.43. The lowest BCUT2D eigenvalue weighted by molar-refractivity contribution is -0.124. The van der Waals surface area contributed by atoms with E-state index in [1.165, 1.54) is 36.5 Å². The van der Waals surface area contributed by atoms with Gasteiger partial charge >= 0.3 is 0 Å². The Hall–Kier alpha value is -6.16. The lowest BCUT2D eigenvalue weighted by atomic mass is 10.0. The van der Waals surface area contributed by atoms with Crippen molar-refractivity contribution < 1.29 is 23.4 Å². The molecule has 0 unspecified atom stereocenters. The Labute approximate surface area is 414 Å². The summed E-state index contributed by atoms with van der Waals surface area (Å²) in [5.41, 5.74) is 4.63. The van der Waals surface area contributed by atoms with Crippen LogP contribution in [0.1, 0.15) is 174 Å². The van der Waals surface area contributed by atoms with Crippen molar-refractivity contribution in [1.29, 1.82) is 0 Å². The zero-order chi connectivity index (χ0) is 53.6. The molecular weight excluding hydrogens is 927 g/mol. The van der Waals surface area contributed by atoms with Crippen molar-refractivity contribution in [2.24, 2.45) is 22.7 Å². The lowest BCUT2D eigenvalue weighted by Gasteiger charge is -2.02. The van der Waals surface area contributed by atoms with Crippen LogP contribution in [0.15, 0.2) is 76.6 Å². The summed E-state index contributed by atoms with van der Waals surface area (Å²) in [7, 11) is 3.28. The minimum absolute atomic E-state index is 0.0173. The zero-order valence-corrected chi connectivity index (χ0v) is 45.6. The molecule has 0 fully saturated rings. The van der Waals surface area contributed by atoms with E-state index in [1.807, 2.05) is 83.1 Å². The van der Waals surface area contributed by atoms with Crippen molar-refractivity contribution in [2.75, 3.05) is 14.1 Å². The van der Waals surface area contributed by atoms with E-state index >= 15 is 0 Å². The van der Waals surface area contributed by atoms with Gasteiger partial charge in [0.15, 0.2) is 5.43 Å². The molecule has 0 spiro atoms. The van der Waals surface area contributed by atoms with Crippen LogP contribution in [0.4, 0.5) is 0 Å². The highest BCUT2D eigenvalue weighted by Gasteiger charge is 2.12. The molecule has 69 heavy (non-hydrogen) atoms. The Morgan fingerprint density at radius 3 is 1.51 bits per heavy atom. The van der Waals surface area contributed by atoms with Crippen LogP contribution in [0.3, 0.4) is 0 Å². The number of amides is 2. The Balaban J connectivity index is 0. The van der Waals surface area contributed by atoms with Crippen molar-refractivity contribution in [1.82, 2.24) is 49.6 Å². The highest BCUT2D eigenvalue weighted by molar-refractivity contribution is 7.05. The molecule has 0 radical (unpaired) electrons. The topological polar surface area (TPSA) is 288 Å². The summed E-state index contributed by atoms with van der Waals surface area (Å²) >= 11 is 2.53. The van der Waals surface area contributed by atoms with E-state index in [0.717, 1.165) is 33.8 Å². The number of nitrogens with zero attached hydrogens (tertiary/aromatic N) is 4. The minimum Gasteiger partial charge on any atom is -0.472 e. The van der Waals surface area contributed by atoms with E-state index in [9.17, 15) is 28.8 Å². The third-order valence-corrected chi connectivity index (χ3v) is 10.2. The number of aromatic nitrogens is 7. The van der Waals surface area contributed by atoms with Crippen LogP contribution >= 0.6 is 23.3 Å². The van der Waals surface area contributed by atoms with Gasteiger partial charge < -0.3 is 24.4 Å². The number of aromatic amines is 4. The molecule has 0 bridgehead atoms. The summed E-state index contributed by atoms with van der Waals surface area (Å²) < 4.78 is 18.8. The maximum absolute atomic E-state index is 11.4. The number of aliphatic imine (C=N–C) groups is 1. The second kappa shape index (κ2) is 35.0. The number of H-pyrrole nitrogens is 4. The number of aryl methyl sites for hydroxylation is 1. The number of nitrogens with one attached hydrogen (secondary N) is 7.